The van der Waals surface area contributed by atoms with E-state index in [9.17, 15) is 18.0 Å². The van der Waals surface area contributed by atoms with Crippen LogP contribution in [0.25, 0.3) is 0 Å². The number of hydrogen-bond acceptors (Lipinski definition) is 3. The highest BCUT2D eigenvalue weighted by molar-refractivity contribution is 7.16. The third-order valence-electron chi connectivity index (χ3n) is 2.97. The highest BCUT2D eigenvalue weighted by Gasteiger charge is 2.33. The van der Waals surface area contributed by atoms with Gasteiger partial charge in [0.2, 0.25) is 5.91 Å². The second-order valence-electron chi connectivity index (χ2n) is 4.97. The van der Waals surface area contributed by atoms with E-state index >= 15 is 0 Å². The van der Waals surface area contributed by atoms with E-state index in [2.05, 4.69) is 5.32 Å². The number of para-hydroxylation sites is 1. The minimum atomic E-state index is -4.51. The van der Waals surface area contributed by atoms with Gasteiger partial charge in [0.25, 0.3) is 0 Å². The number of nitrogens with one attached hydrogen (secondary N) is 1. The van der Waals surface area contributed by atoms with Crippen LogP contribution in [-0.2, 0) is 17.5 Å². The SMILES string of the molecule is CN(CC(=O)Nc1ccccc1C(F)(F)F)Cc1ccc(Cl)s1. The maximum absolute atomic E-state index is 12.9. The predicted octanol–water partition coefficient (Wildman–Crippen LogP) is 4.49. The van der Waals surface area contributed by atoms with Crippen LogP contribution < -0.4 is 5.32 Å². The second kappa shape index (κ2) is 7.33. The van der Waals surface area contributed by atoms with Gasteiger partial charge in [-0.25, -0.2) is 0 Å². The van der Waals surface area contributed by atoms with E-state index in [1.807, 2.05) is 6.07 Å². The average molecular weight is 363 g/mol. The molecule has 0 radical (unpaired) electrons. The highest BCUT2D eigenvalue weighted by Crippen LogP contribution is 2.34. The minimum Gasteiger partial charge on any atom is -0.324 e. The number of carbonyl (C=O) groups is 1. The monoisotopic (exact) mass is 362 g/mol. The molecule has 1 heterocycles. The van der Waals surface area contributed by atoms with Gasteiger partial charge in [0.1, 0.15) is 0 Å². The lowest BCUT2D eigenvalue weighted by molar-refractivity contribution is -0.137. The summed E-state index contributed by atoms with van der Waals surface area (Å²) >= 11 is 7.23. The summed E-state index contributed by atoms with van der Waals surface area (Å²) in [5.74, 6) is -0.508. The Morgan fingerprint density at radius 1 is 1.26 bits per heavy atom. The van der Waals surface area contributed by atoms with Crippen LogP contribution in [0, 0.1) is 0 Å². The molecule has 0 saturated carbocycles. The molecule has 0 aliphatic rings. The number of thiophene rings is 1. The summed E-state index contributed by atoms with van der Waals surface area (Å²) in [5, 5.41) is 2.32. The first kappa shape index (κ1) is 17.8. The summed E-state index contributed by atoms with van der Waals surface area (Å²) in [6.45, 7) is 0.466. The number of nitrogens with zero attached hydrogens (tertiary/aromatic N) is 1. The molecule has 1 amide bonds. The standard InChI is InChI=1S/C15H14ClF3N2OS/c1-21(8-10-6-7-13(16)23-10)9-14(22)20-12-5-3-2-4-11(12)15(17,18)19/h2-7H,8-9H2,1H3,(H,20,22). The van der Waals surface area contributed by atoms with Gasteiger partial charge in [0, 0.05) is 11.4 Å². The Morgan fingerprint density at radius 2 is 1.96 bits per heavy atom. The van der Waals surface area contributed by atoms with Crippen molar-refractivity contribution < 1.29 is 18.0 Å². The molecule has 8 heteroatoms. The predicted molar refractivity (Wildman–Crippen MR) is 85.7 cm³/mol. The molecular formula is C15H14ClF3N2OS. The lowest BCUT2D eigenvalue weighted by atomic mass is 10.1. The van der Waals surface area contributed by atoms with Crippen LogP contribution in [0.2, 0.25) is 4.34 Å². The van der Waals surface area contributed by atoms with Crippen molar-refractivity contribution in [2.24, 2.45) is 0 Å². The molecule has 2 rings (SSSR count). The number of alkyl halides is 3. The van der Waals surface area contributed by atoms with Gasteiger partial charge in [0.15, 0.2) is 0 Å². The molecule has 2 aromatic rings. The molecule has 0 aliphatic heterocycles. The molecule has 124 valence electrons. The number of carbonyl (C=O) groups excluding carboxylic acids is 1. The molecule has 0 spiro atoms. The smallest absolute Gasteiger partial charge is 0.324 e. The zero-order valence-corrected chi connectivity index (χ0v) is 13.7. The summed E-state index contributed by atoms with van der Waals surface area (Å²) in [4.78, 5) is 14.6. The molecule has 23 heavy (non-hydrogen) atoms. The zero-order valence-electron chi connectivity index (χ0n) is 12.2. The summed E-state index contributed by atoms with van der Waals surface area (Å²) < 4.78 is 39.3. The first-order valence-electron chi connectivity index (χ1n) is 6.64. The zero-order chi connectivity index (χ0) is 17.0. The third kappa shape index (κ3) is 5.23. The average Bonchev–Trinajstić information content (AvgIpc) is 2.83. The van der Waals surface area contributed by atoms with Crippen LogP contribution in [0.15, 0.2) is 36.4 Å². The first-order chi connectivity index (χ1) is 10.8. The van der Waals surface area contributed by atoms with Crippen LogP contribution in [0.1, 0.15) is 10.4 Å². The maximum atomic E-state index is 12.9. The Kier molecular flexibility index (Phi) is 5.67. The van der Waals surface area contributed by atoms with Crippen molar-refractivity contribution >= 4 is 34.5 Å². The van der Waals surface area contributed by atoms with Gasteiger partial charge in [-0.2, -0.15) is 13.2 Å². The summed E-state index contributed by atoms with van der Waals surface area (Å²) in [5.41, 5.74) is -1.10. The van der Waals surface area contributed by atoms with Crippen molar-refractivity contribution in [3.63, 3.8) is 0 Å². The van der Waals surface area contributed by atoms with Gasteiger partial charge < -0.3 is 5.32 Å². The number of hydrogen-bond donors (Lipinski definition) is 1. The number of amides is 1. The molecule has 0 saturated heterocycles. The fourth-order valence-electron chi connectivity index (χ4n) is 2.03. The number of halogens is 4. The minimum absolute atomic E-state index is 0.0261. The van der Waals surface area contributed by atoms with Crippen molar-refractivity contribution in [1.82, 2.24) is 4.90 Å². The fraction of sp³-hybridized carbons (Fsp3) is 0.267. The molecule has 0 aliphatic carbocycles. The van der Waals surface area contributed by atoms with Crippen LogP contribution in [0.3, 0.4) is 0 Å². The van der Waals surface area contributed by atoms with E-state index in [1.54, 1.807) is 18.0 Å². The Bertz CT molecular complexity index is 687. The second-order valence-corrected chi connectivity index (χ2v) is 6.77. The van der Waals surface area contributed by atoms with Crippen LogP contribution in [0.5, 0.6) is 0 Å². The molecule has 0 atom stereocenters. The molecule has 3 nitrogen and oxygen atoms in total. The lowest BCUT2D eigenvalue weighted by Crippen LogP contribution is -2.30. The Hall–Kier alpha value is -1.57. The van der Waals surface area contributed by atoms with Gasteiger partial charge in [-0.1, -0.05) is 23.7 Å². The largest absolute Gasteiger partial charge is 0.418 e. The van der Waals surface area contributed by atoms with Gasteiger partial charge >= 0.3 is 6.18 Å². The molecule has 1 N–H and O–H groups in total. The first-order valence-corrected chi connectivity index (χ1v) is 7.84. The topological polar surface area (TPSA) is 32.3 Å². The van der Waals surface area contributed by atoms with Gasteiger partial charge in [-0.15, -0.1) is 11.3 Å². The van der Waals surface area contributed by atoms with Crippen molar-refractivity contribution in [1.29, 1.82) is 0 Å². The van der Waals surface area contributed by atoms with E-state index < -0.39 is 17.6 Å². The lowest BCUT2D eigenvalue weighted by Gasteiger charge is -2.17. The van der Waals surface area contributed by atoms with E-state index in [0.717, 1.165) is 10.9 Å². The normalized spacial score (nSPS) is 11.7. The number of rotatable bonds is 5. The number of benzene rings is 1. The molecular weight excluding hydrogens is 349 g/mol. The van der Waals surface area contributed by atoms with Crippen molar-refractivity contribution in [2.75, 3.05) is 18.9 Å². The summed E-state index contributed by atoms with van der Waals surface area (Å²) in [6.07, 6.45) is -4.51. The van der Waals surface area contributed by atoms with Gasteiger partial charge in [-0.3, -0.25) is 9.69 Å². The van der Waals surface area contributed by atoms with Crippen LogP contribution in [-0.4, -0.2) is 24.4 Å². The quantitative estimate of drug-likeness (QED) is 0.849. The van der Waals surface area contributed by atoms with Gasteiger partial charge in [0.05, 0.1) is 22.1 Å². The van der Waals surface area contributed by atoms with E-state index in [1.165, 1.54) is 29.5 Å². The van der Waals surface area contributed by atoms with E-state index in [0.29, 0.717) is 10.9 Å². The van der Waals surface area contributed by atoms with Crippen molar-refractivity contribution in [3.8, 4) is 0 Å². The molecule has 1 aromatic heterocycles. The Balaban J connectivity index is 1.97. The summed E-state index contributed by atoms with van der Waals surface area (Å²) in [7, 11) is 1.71. The molecule has 0 unspecified atom stereocenters. The number of likely N-dealkylation sites (N-methyl/N-ethyl adjacent to an activating group) is 1. The van der Waals surface area contributed by atoms with E-state index in [-0.39, 0.29) is 12.2 Å². The van der Waals surface area contributed by atoms with Crippen LogP contribution >= 0.6 is 22.9 Å². The molecule has 1 aromatic carbocycles. The molecule has 0 fully saturated rings. The fourth-order valence-corrected chi connectivity index (χ4v) is 3.20. The highest BCUT2D eigenvalue weighted by atomic mass is 35.5. The van der Waals surface area contributed by atoms with E-state index in [4.69, 9.17) is 11.6 Å². The van der Waals surface area contributed by atoms with Gasteiger partial charge in [-0.05, 0) is 31.3 Å². The Labute approximate surface area is 140 Å². The third-order valence-corrected chi connectivity index (χ3v) is 4.19. The van der Waals surface area contributed by atoms with Crippen molar-refractivity contribution in [2.45, 2.75) is 12.7 Å². The van der Waals surface area contributed by atoms with Crippen LogP contribution in [0.4, 0.5) is 18.9 Å². The molecule has 0 bridgehead atoms. The summed E-state index contributed by atoms with van der Waals surface area (Å²) in [6, 6.07) is 8.51. The Morgan fingerprint density at radius 3 is 2.57 bits per heavy atom. The van der Waals surface area contributed by atoms with Crippen molar-refractivity contribution in [3.05, 3.63) is 51.2 Å². The maximum Gasteiger partial charge on any atom is 0.418 e. The number of anilines is 1.